The molecule has 1 heterocycles. The Bertz CT molecular complexity index is 912. The predicted octanol–water partition coefficient (Wildman–Crippen LogP) is 3.45. The van der Waals surface area contributed by atoms with Crippen LogP contribution >= 0.6 is 23.4 Å². The Morgan fingerprint density at radius 1 is 1.19 bits per heavy atom. The molecular formula is C18H13ClN2O4S. The number of carbonyl (C=O) groups excluding carboxylic acids is 3. The van der Waals surface area contributed by atoms with E-state index in [9.17, 15) is 14.4 Å². The van der Waals surface area contributed by atoms with Gasteiger partial charge in [0.2, 0.25) is 0 Å². The zero-order valence-corrected chi connectivity index (χ0v) is 14.9. The highest BCUT2D eigenvalue weighted by Gasteiger charge is 2.36. The topological polar surface area (TPSA) is 89.7 Å². The molecule has 1 aliphatic rings. The maximum Gasteiger partial charge on any atom is 0.298 e. The number of hydrogen-bond donors (Lipinski definition) is 1. The van der Waals surface area contributed by atoms with E-state index in [4.69, 9.17) is 22.1 Å². The highest BCUT2D eigenvalue weighted by atomic mass is 35.5. The van der Waals surface area contributed by atoms with E-state index < -0.39 is 11.8 Å². The van der Waals surface area contributed by atoms with Crippen molar-refractivity contribution < 1.29 is 19.1 Å². The van der Waals surface area contributed by atoms with Gasteiger partial charge in [-0.2, -0.15) is 0 Å². The minimum Gasteiger partial charge on any atom is -0.484 e. The number of thioether (sulfide) groups is 1. The average molecular weight is 389 g/mol. The van der Waals surface area contributed by atoms with E-state index in [-0.39, 0.29) is 11.8 Å². The van der Waals surface area contributed by atoms with E-state index in [2.05, 4.69) is 0 Å². The van der Waals surface area contributed by atoms with Gasteiger partial charge in [0.15, 0.2) is 6.61 Å². The van der Waals surface area contributed by atoms with Crippen LogP contribution in [0.15, 0.2) is 53.4 Å². The molecule has 3 rings (SSSR count). The number of imide groups is 1. The van der Waals surface area contributed by atoms with Gasteiger partial charge >= 0.3 is 0 Å². The third kappa shape index (κ3) is 4.07. The van der Waals surface area contributed by atoms with E-state index in [0.717, 1.165) is 16.7 Å². The number of hydrogen-bond acceptors (Lipinski definition) is 5. The summed E-state index contributed by atoms with van der Waals surface area (Å²) < 4.78 is 5.17. The monoisotopic (exact) mass is 388 g/mol. The van der Waals surface area contributed by atoms with E-state index in [0.29, 0.717) is 26.9 Å². The predicted molar refractivity (Wildman–Crippen MR) is 101 cm³/mol. The summed E-state index contributed by atoms with van der Waals surface area (Å²) in [5, 5.41) is 0.0574. The van der Waals surface area contributed by atoms with Crippen LogP contribution in [-0.2, 0) is 9.59 Å². The highest BCUT2D eigenvalue weighted by Crippen LogP contribution is 2.36. The molecule has 0 saturated carbocycles. The second-order valence-electron chi connectivity index (χ2n) is 5.32. The van der Waals surface area contributed by atoms with Gasteiger partial charge in [0, 0.05) is 5.02 Å². The number of rotatable bonds is 5. The van der Waals surface area contributed by atoms with Crippen LogP contribution in [0, 0.1) is 0 Å². The molecule has 3 amide bonds. The Kier molecular flexibility index (Phi) is 5.29. The number of carbonyl (C=O) groups is 3. The van der Waals surface area contributed by atoms with Crippen molar-refractivity contribution in [1.29, 1.82) is 0 Å². The van der Waals surface area contributed by atoms with Crippen LogP contribution in [-0.4, -0.2) is 23.7 Å². The molecule has 0 unspecified atom stereocenters. The molecule has 0 spiro atoms. The smallest absolute Gasteiger partial charge is 0.298 e. The third-order valence-corrected chi connectivity index (χ3v) is 4.52. The number of nitrogens with zero attached hydrogens (tertiary/aromatic N) is 1. The third-order valence-electron chi connectivity index (χ3n) is 3.42. The van der Waals surface area contributed by atoms with E-state index >= 15 is 0 Å². The van der Waals surface area contributed by atoms with Crippen LogP contribution < -0.4 is 15.4 Å². The number of ether oxygens (including phenoxy) is 1. The maximum atomic E-state index is 12.6. The minimum absolute atomic E-state index is 0.210. The molecule has 0 atom stereocenters. The fraction of sp³-hybridized carbons (Fsp3) is 0.0556. The number of primary amides is 1. The van der Waals surface area contributed by atoms with Crippen molar-refractivity contribution in [1.82, 2.24) is 0 Å². The quantitative estimate of drug-likeness (QED) is 0.792. The Hall–Kier alpha value is -2.77. The zero-order valence-electron chi connectivity index (χ0n) is 13.3. The molecule has 1 saturated heterocycles. The van der Waals surface area contributed by atoms with Crippen molar-refractivity contribution in [3.05, 3.63) is 64.0 Å². The molecule has 1 aliphatic heterocycles. The molecule has 1 fully saturated rings. The van der Waals surface area contributed by atoms with E-state index in [1.165, 1.54) is 0 Å². The average Bonchev–Trinajstić information content (AvgIpc) is 2.88. The van der Waals surface area contributed by atoms with Crippen LogP contribution in [0.25, 0.3) is 6.08 Å². The lowest BCUT2D eigenvalue weighted by Crippen LogP contribution is -2.27. The summed E-state index contributed by atoms with van der Waals surface area (Å²) in [5.74, 6) is -0.493. The van der Waals surface area contributed by atoms with Crippen molar-refractivity contribution >= 4 is 52.2 Å². The molecule has 0 bridgehead atoms. The summed E-state index contributed by atoms with van der Waals surface area (Å²) in [5.41, 5.74) is 6.16. The molecule has 8 heteroatoms. The Morgan fingerprint density at radius 3 is 2.58 bits per heavy atom. The Morgan fingerprint density at radius 2 is 1.92 bits per heavy atom. The number of halogens is 1. The number of amides is 3. The van der Waals surface area contributed by atoms with Gasteiger partial charge in [0.05, 0.1) is 10.6 Å². The fourth-order valence-corrected chi connectivity index (χ4v) is 3.30. The van der Waals surface area contributed by atoms with Crippen LogP contribution in [0.5, 0.6) is 5.75 Å². The first kappa shape index (κ1) is 18.0. The summed E-state index contributed by atoms with van der Waals surface area (Å²) >= 11 is 6.79. The summed E-state index contributed by atoms with van der Waals surface area (Å²) in [7, 11) is 0. The molecule has 6 nitrogen and oxygen atoms in total. The SMILES string of the molecule is NC(=O)COc1ccc(/C=C2/SC(=O)N(c3cccc(Cl)c3)C2=O)cc1. The molecule has 0 aliphatic carbocycles. The number of nitrogens with two attached hydrogens (primary N) is 1. The van der Waals surface area contributed by atoms with Crippen LogP contribution in [0.4, 0.5) is 10.5 Å². The van der Waals surface area contributed by atoms with Gasteiger partial charge in [-0.05, 0) is 53.7 Å². The highest BCUT2D eigenvalue weighted by molar-refractivity contribution is 8.19. The molecule has 0 radical (unpaired) electrons. The van der Waals surface area contributed by atoms with Gasteiger partial charge in [0.1, 0.15) is 5.75 Å². The lowest BCUT2D eigenvalue weighted by atomic mass is 10.2. The number of benzene rings is 2. The van der Waals surface area contributed by atoms with Gasteiger partial charge in [-0.25, -0.2) is 4.90 Å². The lowest BCUT2D eigenvalue weighted by Gasteiger charge is -2.12. The standard InChI is InChI=1S/C18H13ClN2O4S/c19-12-2-1-3-13(9-12)21-17(23)15(26-18(21)24)8-11-4-6-14(7-5-11)25-10-16(20)22/h1-9H,10H2,(H2,20,22)/b15-8+. The van der Waals surface area contributed by atoms with E-state index in [1.807, 2.05) is 0 Å². The maximum absolute atomic E-state index is 12.6. The van der Waals surface area contributed by atoms with Gasteiger partial charge in [-0.1, -0.05) is 29.8 Å². The van der Waals surface area contributed by atoms with Crippen molar-refractivity contribution in [2.75, 3.05) is 11.5 Å². The van der Waals surface area contributed by atoms with Crippen molar-refractivity contribution in [3.63, 3.8) is 0 Å². The summed E-state index contributed by atoms with van der Waals surface area (Å²) in [4.78, 5) is 36.9. The molecule has 26 heavy (non-hydrogen) atoms. The van der Waals surface area contributed by atoms with Crippen molar-refractivity contribution in [2.24, 2.45) is 5.73 Å². The second kappa shape index (κ2) is 7.63. The van der Waals surface area contributed by atoms with E-state index in [1.54, 1.807) is 54.6 Å². The molecule has 2 aromatic carbocycles. The molecule has 0 aromatic heterocycles. The molecule has 2 N–H and O–H groups in total. The summed E-state index contributed by atoms with van der Waals surface area (Å²) in [6.07, 6.45) is 1.62. The van der Waals surface area contributed by atoms with Crippen LogP contribution in [0.1, 0.15) is 5.56 Å². The molecular weight excluding hydrogens is 376 g/mol. The fourth-order valence-electron chi connectivity index (χ4n) is 2.27. The normalized spacial score (nSPS) is 15.6. The summed E-state index contributed by atoms with van der Waals surface area (Å²) in [6.45, 7) is -0.210. The van der Waals surface area contributed by atoms with Gasteiger partial charge in [-0.15, -0.1) is 0 Å². The van der Waals surface area contributed by atoms with Crippen LogP contribution in [0.3, 0.4) is 0 Å². The Labute approximate surface area is 158 Å². The molecule has 132 valence electrons. The number of anilines is 1. The molecule has 2 aromatic rings. The lowest BCUT2D eigenvalue weighted by molar-refractivity contribution is -0.120. The van der Waals surface area contributed by atoms with Crippen molar-refractivity contribution in [2.45, 2.75) is 0 Å². The minimum atomic E-state index is -0.566. The summed E-state index contributed by atoms with van der Waals surface area (Å²) in [6, 6.07) is 13.3. The largest absolute Gasteiger partial charge is 0.484 e. The second-order valence-corrected chi connectivity index (χ2v) is 6.75. The van der Waals surface area contributed by atoms with Gasteiger partial charge < -0.3 is 10.5 Å². The first-order valence-corrected chi connectivity index (χ1v) is 8.68. The Balaban J connectivity index is 1.78. The van der Waals surface area contributed by atoms with Gasteiger partial charge in [0.25, 0.3) is 17.1 Å². The first-order valence-electron chi connectivity index (χ1n) is 7.49. The van der Waals surface area contributed by atoms with Crippen LogP contribution in [0.2, 0.25) is 5.02 Å². The van der Waals surface area contributed by atoms with Gasteiger partial charge in [-0.3, -0.25) is 14.4 Å². The zero-order chi connectivity index (χ0) is 18.7. The van der Waals surface area contributed by atoms with Crippen molar-refractivity contribution in [3.8, 4) is 5.75 Å². The first-order chi connectivity index (χ1) is 12.4.